The number of nitrogens with one attached hydrogen (secondary N) is 3. The van der Waals surface area contributed by atoms with Crippen molar-refractivity contribution in [3.8, 4) is 0 Å². The van der Waals surface area contributed by atoms with Crippen LogP contribution in [0.1, 0.15) is 40.3 Å². The van der Waals surface area contributed by atoms with Crippen molar-refractivity contribution >= 4 is 22.7 Å². The Morgan fingerprint density at radius 1 is 1.35 bits per heavy atom. The van der Waals surface area contributed by atoms with Crippen molar-refractivity contribution in [3.63, 3.8) is 0 Å². The van der Waals surface area contributed by atoms with Gasteiger partial charge in [-0.1, -0.05) is 6.07 Å². The van der Waals surface area contributed by atoms with Gasteiger partial charge in [0.2, 0.25) is 0 Å². The quantitative estimate of drug-likeness (QED) is 0.776. The maximum Gasteiger partial charge on any atom is 0.268 e. The van der Waals surface area contributed by atoms with E-state index in [4.69, 9.17) is 0 Å². The Hall–Kier alpha value is -2.30. The van der Waals surface area contributed by atoms with Crippen LogP contribution >= 0.6 is 0 Å². The Balaban J connectivity index is 2.20. The predicted octanol–water partition coefficient (Wildman–Crippen LogP) is 1.59. The summed E-state index contributed by atoms with van der Waals surface area (Å²) in [5, 5.41) is 6.63. The van der Waals surface area contributed by atoms with Crippen LogP contribution in [0.15, 0.2) is 18.2 Å². The number of H-pyrrole nitrogens is 1. The number of carbonyl (C=O) groups is 2. The lowest BCUT2D eigenvalue weighted by Gasteiger charge is -2.08. The summed E-state index contributed by atoms with van der Waals surface area (Å²) in [6, 6.07) is 5.59. The first kappa shape index (κ1) is 12.7. The minimum atomic E-state index is -0.119. The fourth-order valence-electron chi connectivity index (χ4n) is 2.68. The van der Waals surface area contributed by atoms with Gasteiger partial charge in [-0.25, -0.2) is 0 Å². The highest BCUT2D eigenvalue weighted by molar-refractivity contribution is 6.11. The average molecular weight is 271 g/mol. The number of carbonyl (C=O) groups excluding carboxylic acids is 2. The van der Waals surface area contributed by atoms with E-state index in [0.29, 0.717) is 24.2 Å². The van der Waals surface area contributed by atoms with Crippen LogP contribution in [-0.2, 0) is 6.42 Å². The zero-order valence-electron chi connectivity index (χ0n) is 11.5. The molecule has 3 N–H and O–H groups in total. The second-order valence-electron chi connectivity index (χ2n) is 5.34. The topological polar surface area (TPSA) is 74.0 Å². The summed E-state index contributed by atoms with van der Waals surface area (Å²) in [4.78, 5) is 27.5. The van der Waals surface area contributed by atoms with Gasteiger partial charge >= 0.3 is 0 Å². The summed E-state index contributed by atoms with van der Waals surface area (Å²) in [7, 11) is 0. The van der Waals surface area contributed by atoms with Crippen molar-refractivity contribution in [1.82, 2.24) is 15.6 Å². The lowest BCUT2D eigenvalue weighted by Crippen LogP contribution is -2.31. The molecule has 0 atom stereocenters. The van der Waals surface area contributed by atoms with Crippen molar-refractivity contribution in [2.45, 2.75) is 26.3 Å². The summed E-state index contributed by atoms with van der Waals surface area (Å²) in [5.74, 6) is -0.198. The van der Waals surface area contributed by atoms with Gasteiger partial charge < -0.3 is 15.6 Å². The van der Waals surface area contributed by atoms with E-state index in [-0.39, 0.29) is 17.9 Å². The van der Waals surface area contributed by atoms with Gasteiger partial charge in [0.15, 0.2) is 0 Å². The third-order valence-corrected chi connectivity index (χ3v) is 3.48. The lowest BCUT2D eigenvalue weighted by molar-refractivity contribution is 0.0936. The molecule has 2 amide bonds. The van der Waals surface area contributed by atoms with Crippen LogP contribution in [0, 0.1) is 0 Å². The Morgan fingerprint density at radius 2 is 2.15 bits per heavy atom. The number of hydrogen-bond donors (Lipinski definition) is 3. The number of amides is 2. The first-order chi connectivity index (χ1) is 9.58. The maximum atomic E-state index is 12.3. The van der Waals surface area contributed by atoms with Gasteiger partial charge in [-0.2, -0.15) is 0 Å². The van der Waals surface area contributed by atoms with Gasteiger partial charge in [0, 0.05) is 29.1 Å². The molecule has 0 radical (unpaired) electrons. The average Bonchev–Trinajstić information content (AvgIpc) is 2.67. The smallest absolute Gasteiger partial charge is 0.268 e. The highest BCUT2D eigenvalue weighted by Gasteiger charge is 2.24. The summed E-state index contributed by atoms with van der Waals surface area (Å²) in [6.45, 7) is 4.39. The molecule has 0 bridgehead atoms. The van der Waals surface area contributed by atoms with Gasteiger partial charge in [-0.05, 0) is 38.0 Å². The molecule has 1 aromatic heterocycles. The van der Waals surface area contributed by atoms with Crippen molar-refractivity contribution in [1.29, 1.82) is 0 Å². The standard InChI is InChI=1S/C15H17N3O2/c1-8(2)17-15(20)13-9-6-7-16-14(19)10-4-3-5-11(18-13)12(9)10/h3-5,8,18H,6-7H2,1-2H3,(H,16,19)(H,17,20). The first-order valence-corrected chi connectivity index (χ1v) is 6.80. The third-order valence-electron chi connectivity index (χ3n) is 3.48. The summed E-state index contributed by atoms with van der Waals surface area (Å²) in [5.41, 5.74) is 2.96. The number of aromatic amines is 1. The fraction of sp³-hybridized carbons (Fsp3) is 0.333. The molecule has 0 saturated carbocycles. The third kappa shape index (κ3) is 1.95. The van der Waals surface area contributed by atoms with Gasteiger partial charge in [0.1, 0.15) is 5.69 Å². The van der Waals surface area contributed by atoms with E-state index in [1.54, 1.807) is 6.07 Å². The van der Waals surface area contributed by atoms with E-state index in [0.717, 1.165) is 16.5 Å². The summed E-state index contributed by atoms with van der Waals surface area (Å²) < 4.78 is 0. The zero-order valence-corrected chi connectivity index (χ0v) is 11.5. The molecule has 0 unspecified atom stereocenters. The second-order valence-corrected chi connectivity index (χ2v) is 5.34. The normalized spacial score (nSPS) is 14.2. The molecule has 0 spiro atoms. The van der Waals surface area contributed by atoms with Crippen molar-refractivity contribution in [3.05, 3.63) is 35.0 Å². The van der Waals surface area contributed by atoms with E-state index < -0.39 is 0 Å². The molecule has 0 aliphatic carbocycles. The molecule has 3 rings (SSSR count). The minimum absolute atomic E-state index is 0.0751. The van der Waals surface area contributed by atoms with E-state index >= 15 is 0 Å². The van der Waals surface area contributed by atoms with Gasteiger partial charge in [-0.15, -0.1) is 0 Å². The number of rotatable bonds is 2. The van der Waals surface area contributed by atoms with Crippen LogP contribution in [0.25, 0.3) is 10.9 Å². The number of benzene rings is 1. The predicted molar refractivity (Wildman–Crippen MR) is 76.9 cm³/mol. The van der Waals surface area contributed by atoms with E-state index in [2.05, 4.69) is 15.6 Å². The number of hydrogen-bond acceptors (Lipinski definition) is 2. The monoisotopic (exact) mass is 271 g/mol. The Kier molecular flexibility index (Phi) is 2.97. The van der Waals surface area contributed by atoms with Gasteiger partial charge in [-0.3, -0.25) is 9.59 Å². The fourth-order valence-corrected chi connectivity index (χ4v) is 2.68. The van der Waals surface area contributed by atoms with E-state index in [1.165, 1.54) is 0 Å². The van der Waals surface area contributed by atoms with Crippen LogP contribution in [0.3, 0.4) is 0 Å². The minimum Gasteiger partial charge on any atom is -0.352 e. The van der Waals surface area contributed by atoms with Crippen LogP contribution in [0.4, 0.5) is 0 Å². The molecule has 1 aromatic carbocycles. The van der Waals surface area contributed by atoms with E-state index in [9.17, 15) is 9.59 Å². The highest BCUT2D eigenvalue weighted by atomic mass is 16.2. The molecule has 104 valence electrons. The lowest BCUT2D eigenvalue weighted by atomic mass is 10.0. The molecule has 1 aliphatic heterocycles. The summed E-state index contributed by atoms with van der Waals surface area (Å²) in [6.07, 6.45) is 0.656. The number of aromatic nitrogens is 1. The van der Waals surface area contributed by atoms with Crippen LogP contribution in [-0.4, -0.2) is 29.4 Å². The molecular formula is C15H17N3O2. The van der Waals surface area contributed by atoms with E-state index in [1.807, 2.05) is 26.0 Å². The van der Waals surface area contributed by atoms with Crippen molar-refractivity contribution in [2.24, 2.45) is 0 Å². The Bertz CT molecular complexity index is 700. The Labute approximate surface area is 116 Å². The van der Waals surface area contributed by atoms with Crippen LogP contribution < -0.4 is 10.6 Å². The molecule has 20 heavy (non-hydrogen) atoms. The van der Waals surface area contributed by atoms with Gasteiger partial charge in [0.05, 0.1) is 0 Å². The molecule has 1 aliphatic rings. The zero-order chi connectivity index (χ0) is 14.3. The highest BCUT2D eigenvalue weighted by Crippen LogP contribution is 2.28. The largest absolute Gasteiger partial charge is 0.352 e. The van der Waals surface area contributed by atoms with Gasteiger partial charge in [0.25, 0.3) is 11.8 Å². The Morgan fingerprint density at radius 3 is 2.90 bits per heavy atom. The van der Waals surface area contributed by atoms with Crippen molar-refractivity contribution < 1.29 is 9.59 Å². The molecule has 5 heteroatoms. The molecular weight excluding hydrogens is 254 g/mol. The molecule has 5 nitrogen and oxygen atoms in total. The first-order valence-electron chi connectivity index (χ1n) is 6.80. The molecule has 0 saturated heterocycles. The maximum absolute atomic E-state index is 12.3. The molecule has 0 fully saturated rings. The SMILES string of the molecule is CC(C)NC(=O)c1[nH]c2cccc3c2c1CCNC3=O. The van der Waals surface area contributed by atoms with Crippen LogP contribution in [0.5, 0.6) is 0 Å². The van der Waals surface area contributed by atoms with Crippen LogP contribution in [0.2, 0.25) is 0 Å². The summed E-state index contributed by atoms with van der Waals surface area (Å²) >= 11 is 0. The molecule has 2 heterocycles. The molecule has 2 aromatic rings. The van der Waals surface area contributed by atoms with Crippen molar-refractivity contribution in [2.75, 3.05) is 6.54 Å². The second kappa shape index (κ2) is 4.67.